The normalized spacial score (nSPS) is 11.6. The minimum atomic E-state index is -1.05. The van der Waals surface area contributed by atoms with Crippen molar-refractivity contribution < 1.29 is 9.90 Å². The number of carboxylic acid groups (broad SMARTS) is 1. The smallest absolute Gasteiger partial charge is 0.357 e. The number of benzene rings is 3. The molecular weight excluding hydrogens is 240 g/mol. The van der Waals surface area contributed by atoms with Crippen LogP contribution in [0.25, 0.3) is 32.4 Å². The lowest BCUT2D eigenvalue weighted by Gasteiger charge is -2.10. The fourth-order valence-electron chi connectivity index (χ4n) is 2.66. The molecule has 4 nitrogen and oxygen atoms in total. The zero-order chi connectivity index (χ0) is 13.0. The molecule has 0 spiro atoms. The van der Waals surface area contributed by atoms with E-state index in [1.54, 1.807) is 0 Å². The van der Waals surface area contributed by atoms with E-state index in [4.69, 9.17) is 0 Å². The van der Waals surface area contributed by atoms with Gasteiger partial charge in [-0.15, -0.1) is 10.2 Å². The Morgan fingerprint density at radius 2 is 1.63 bits per heavy atom. The second kappa shape index (κ2) is 3.38. The van der Waals surface area contributed by atoms with Crippen LogP contribution in [0.4, 0.5) is 0 Å². The topological polar surface area (TPSA) is 63.1 Å². The van der Waals surface area contributed by atoms with Crippen molar-refractivity contribution in [3.63, 3.8) is 0 Å². The number of carboxylic acids is 1. The number of rotatable bonds is 1. The average molecular weight is 248 g/mol. The van der Waals surface area contributed by atoms with Crippen molar-refractivity contribution >= 4 is 38.4 Å². The molecule has 0 radical (unpaired) electrons. The van der Waals surface area contributed by atoms with Gasteiger partial charge in [-0.05, 0) is 22.2 Å². The van der Waals surface area contributed by atoms with Crippen molar-refractivity contribution in [2.24, 2.45) is 0 Å². The second-order valence-electron chi connectivity index (χ2n) is 4.51. The van der Waals surface area contributed by atoms with Crippen LogP contribution in [-0.2, 0) is 0 Å². The van der Waals surface area contributed by atoms with Gasteiger partial charge in [0.05, 0.1) is 5.52 Å². The van der Waals surface area contributed by atoms with Crippen LogP contribution in [0.5, 0.6) is 0 Å². The first-order valence-corrected chi connectivity index (χ1v) is 5.89. The van der Waals surface area contributed by atoms with Crippen LogP contribution in [0, 0.1) is 0 Å². The van der Waals surface area contributed by atoms with Gasteiger partial charge in [-0.25, -0.2) is 4.79 Å². The number of carbonyl (C=O) groups is 1. The largest absolute Gasteiger partial charge is 0.476 e. The van der Waals surface area contributed by atoms with Gasteiger partial charge in [-0.2, -0.15) is 0 Å². The molecular formula is C15H8N2O2. The van der Waals surface area contributed by atoms with E-state index < -0.39 is 5.97 Å². The first-order valence-electron chi connectivity index (χ1n) is 5.89. The highest BCUT2D eigenvalue weighted by Crippen LogP contribution is 2.33. The lowest BCUT2D eigenvalue weighted by atomic mass is 9.96. The Morgan fingerprint density at radius 1 is 0.895 bits per heavy atom. The van der Waals surface area contributed by atoms with E-state index in [0.717, 1.165) is 27.1 Å². The summed E-state index contributed by atoms with van der Waals surface area (Å²) in [4.78, 5) is 11.2. The van der Waals surface area contributed by atoms with Crippen molar-refractivity contribution in [1.82, 2.24) is 10.2 Å². The van der Waals surface area contributed by atoms with Crippen LogP contribution in [0.15, 0.2) is 42.5 Å². The molecule has 0 fully saturated rings. The highest BCUT2D eigenvalue weighted by atomic mass is 16.4. The fourth-order valence-corrected chi connectivity index (χ4v) is 2.66. The summed E-state index contributed by atoms with van der Waals surface area (Å²) < 4.78 is 0. The van der Waals surface area contributed by atoms with Crippen molar-refractivity contribution in [3.05, 3.63) is 48.2 Å². The number of aromatic carboxylic acids is 1. The van der Waals surface area contributed by atoms with Crippen molar-refractivity contribution in [1.29, 1.82) is 0 Å². The molecule has 3 aromatic carbocycles. The average Bonchev–Trinajstić information content (AvgIpc) is 2.44. The van der Waals surface area contributed by atoms with Crippen LogP contribution < -0.4 is 0 Å². The van der Waals surface area contributed by atoms with Gasteiger partial charge < -0.3 is 5.11 Å². The quantitative estimate of drug-likeness (QED) is 0.526. The SMILES string of the molecule is O=C(O)c1nnc2ccc3cccc4ccc1c2c34. The predicted molar refractivity (Wildman–Crippen MR) is 72.7 cm³/mol. The van der Waals surface area contributed by atoms with Gasteiger partial charge in [-0.1, -0.05) is 36.4 Å². The Balaban J connectivity index is 2.38. The Labute approximate surface area is 107 Å². The second-order valence-corrected chi connectivity index (χ2v) is 4.51. The summed E-state index contributed by atoms with van der Waals surface area (Å²) >= 11 is 0. The van der Waals surface area contributed by atoms with Gasteiger partial charge in [-0.3, -0.25) is 0 Å². The van der Waals surface area contributed by atoms with Gasteiger partial charge >= 0.3 is 5.97 Å². The maximum Gasteiger partial charge on any atom is 0.357 e. The van der Waals surface area contributed by atoms with Crippen LogP contribution in [0.2, 0.25) is 0 Å². The van der Waals surface area contributed by atoms with Crippen LogP contribution >= 0.6 is 0 Å². The molecule has 0 amide bonds. The van der Waals surface area contributed by atoms with Gasteiger partial charge in [0.15, 0.2) is 5.69 Å². The van der Waals surface area contributed by atoms with Gasteiger partial charge in [0.1, 0.15) is 0 Å². The number of hydrogen-bond donors (Lipinski definition) is 1. The fraction of sp³-hybridized carbons (Fsp3) is 0. The maximum atomic E-state index is 11.2. The van der Waals surface area contributed by atoms with E-state index in [1.807, 2.05) is 42.5 Å². The maximum absolute atomic E-state index is 11.2. The summed E-state index contributed by atoms with van der Waals surface area (Å²) in [6.45, 7) is 0. The molecule has 0 atom stereocenters. The van der Waals surface area contributed by atoms with Crippen molar-refractivity contribution in [3.8, 4) is 0 Å². The van der Waals surface area contributed by atoms with E-state index in [9.17, 15) is 9.90 Å². The molecule has 0 saturated heterocycles. The Hall–Kier alpha value is -2.75. The summed E-state index contributed by atoms with van der Waals surface area (Å²) in [5.74, 6) is -1.05. The number of aromatic nitrogens is 2. The van der Waals surface area contributed by atoms with E-state index in [1.165, 1.54) is 0 Å². The molecule has 4 rings (SSSR count). The molecule has 90 valence electrons. The lowest BCUT2D eigenvalue weighted by molar-refractivity contribution is 0.0692. The van der Waals surface area contributed by atoms with Gasteiger partial charge in [0, 0.05) is 10.8 Å². The Kier molecular flexibility index (Phi) is 1.82. The first-order chi connectivity index (χ1) is 9.25. The van der Waals surface area contributed by atoms with E-state index in [-0.39, 0.29) is 5.69 Å². The van der Waals surface area contributed by atoms with E-state index in [2.05, 4.69) is 10.2 Å². The zero-order valence-electron chi connectivity index (χ0n) is 9.79. The number of nitrogens with zero attached hydrogens (tertiary/aromatic N) is 2. The van der Waals surface area contributed by atoms with Crippen molar-refractivity contribution in [2.75, 3.05) is 0 Å². The molecule has 4 heteroatoms. The molecule has 19 heavy (non-hydrogen) atoms. The number of hydrogen-bond acceptors (Lipinski definition) is 3. The first kappa shape index (κ1) is 10.2. The summed E-state index contributed by atoms with van der Waals surface area (Å²) in [7, 11) is 0. The minimum absolute atomic E-state index is 0.00533. The monoisotopic (exact) mass is 248 g/mol. The van der Waals surface area contributed by atoms with Gasteiger partial charge in [0.2, 0.25) is 0 Å². The third-order valence-corrected chi connectivity index (χ3v) is 3.47. The van der Waals surface area contributed by atoms with Crippen LogP contribution in [0.1, 0.15) is 10.5 Å². The third kappa shape index (κ3) is 1.25. The Bertz CT molecular complexity index is 931. The van der Waals surface area contributed by atoms with Crippen LogP contribution in [0.3, 0.4) is 0 Å². The lowest BCUT2D eigenvalue weighted by Crippen LogP contribution is -2.04. The van der Waals surface area contributed by atoms with Crippen molar-refractivity contribution in [2.45, 2.75) is 0 Å². The highest BCUT2D eigenvalue weighted by molar-refractivity contribution is 6.24. The molecule has 0 aliphatic carbocycles. The summed E-state index contributed by atoms with van der Waals surface area (Å²) in [6.07, 6.45) is 0. The third-order valence-electron chi connectivity index (χ3n) is 3.47. The van der Waals surface area contributed by atoms with E-state index >= 15 is 0 Å². The van der Waals surface area contributed by atoms with E-state index in [0.29, 0.717) is 5.39 Å². The minimum Gasteiger partial charge on any atom is -0.476 e. The van der Waals surface area contributed by atoms with Gasteiger partial charge in [0.25, 0.3) is 0 Å². The predicted octanol–water partition coefficient (Wildman–Crippen LogP) is 3.07. The molecule has 0 bridgehead atoms. The summed E-state index contributed by atoms with van der Waals surface area (Å²) in [5.41, 5.74) is 0.732. The molecule has 0 saturated carbocycles. The molecule has 1 N–H and O–H groups in total. The Morgan fingerprint density at radius 3 is 2.37 bits per heavy atom. The standard InChI is InChI=1S/C15H8N2O2/c18-15(19)14-10-6-4-8-2-1-3-9-5-7-11(16-17-14)13(10)12(8)9/h1-7H,(H,18,19). The van der Waals surface area contributed by atoms with Crippen LogP contribution in [-0.4, -0.2) is 21.3 Å². The molecule has 4 aromatic rings. The molecule has 0 aliphatic heterocycles. The molecule has 0 unspecified atom stereocenters. The zero-order valence-corrected chi connectivity index (χ0v) is 9.79. The molecule has 1 aromatic heterocycles. The highest BCUT2D eigenvalue weighted by Gasteiger charge is 2.16. The summed E-state index contributed by atoms with van der Waals surface area (Å²) in [6, 6.07) is 13.6. The summed E-state index contributed by atoms with van der Waals surface area (Å²) in [5, 5.41) is 21.8. The molecule has 0 aliphatic rings. The molecule has 1 heterocycles.